The van der Waals surface area contributed by atoms with E-state index in [0.717, 1.165) is 19.3 Å². The van der Waals surface area contributed by atoms with Crippen molar-refractivity contribution in [3.05, 3.63) is 12.2 Å². The van der Waals surface area contributed by atoms with Crippen LogP contribution in [0.5, 0.6) is 0 Å². The monoisotopic (exact) mass is 137 g/mol. The maximum Gasteiger partial charge on any atom is 0.0908 e. The molecule has 10 heavy (non-hydrogen) atoms. The highest BCUT2D eigenvalue weighted by atomic mass is 16.3. The van der Waals surface area contributed by atoms with Gasteiger partial charge in [-0.1, -0.05) is 6.08 Å². The molecular formula is C8H11NO. The lowest BCUT2D eigenvalue weighted by atomic mass is 10.1. The van der Waals surface area contributed by atoms with Gasteiger partial charge in [0.25, 0.3) is 0 Å². The number of aliphatic hydroxyl groups excluding tert-OH is 1. The second kappa shape index (κ2) is 3.38. The van der Waals surface area contributed by atoms with Gasteiger partial charge in [0.05, 0.1) is 12.2 Å². The van der Waals surface area contributed by atoms with E-state index >= 15 is 0 Å². The molecule has 0 saturated heterocycles. The summed E-state index contributed by atoms with van der Waals surface area (Å²) in [6.45, 7) is 0. The van der Waals surface area contributed by atoms with E-state index in [2.05, 4.69) is 0 Å². The molecule has 2 atom stereocenters. The lowest BCUT2D eigenvalue weighted by Crippen LogP contribution is -1.97. The molecule has 1 aliphatic rings. The predicted molar refractivity (Wildman–Crippen MR) is 38.1 cm³/mol. The highest BCUT2D eigenvalue weighted by Gasteiger charge is 2.19. The van der Waals surface area contributed by atoms with Gasteiger partial charge in [-0.15, -0.1) is 0 Å². The van der Waals surface area contributed by atoms with E-state index in [-0.39, 0.29) is 6.10 Å². The topological polar surface area (TPSA) is 44.0 Å². The number of hydrogen-bond acceptors (Lipinski definition) is 2. The van der Waals surface area contributed by atoms with Crippen molar-refractivity contribution in [1.29, 1.82) is 5.26 Å². The molecular weight excluding hydrogens is 126 g/mol. The summed E-state index contributed by atoms with van der Waals surface area (Å²) in [4.78, 5) is 0. The summed E-state index contributed by atoms with van der Waals surface area (Å²) in [5.74, 6) is 0.439. The third kappa shape index (κ3) is 1.85. The van der Waals surface area contributed by atoms with Gasteiger partial charge >= 0.3 is 0 Å². The molecule has 1 N–H and O–H groups in total. The summed E-state index contributed by atoms with van der Waals surface area (Å²) >= 11 is 0. The van der Waals surface area contributed by atoms with Gasteiger partial charge < -0.3 is 5.11 Å². The van der Waals surface area contributed by atoms with Gasteiger partial charge in [-0.25, -0.2) is 0 Å². The smallest absolute Gasteiger partial charge is 0.0908 e. The number of nitrogens with zero attached hydrogens (tertiary/aromatic N) is 1. The summed E-state index contributed by atoms with van der Waals surface area (Å²) in [6, 6.07) is 1.95. The highest BCUT2D eigenvalue weighted by molar-refractivity contribution is 5.05. The van der Waals surface area contributed by atoms with E-state index in [1.165, 1.54) is 6.08 Å². The van der Waals surface area contributed by atoms with Crippen molar-refractivity contribution in [2.24, 2.45) is 5.92 Å². The third-order valence-electron chi connectivity index (χ3n) is 1.89. The van der Waals surface area contributed by atoms with E-state index in [9.17, 15) is 0 Å². The molecule has 0 spiro atoms. The Morgan fingerprint density at radius 2 is 2.30 bits per heavy atom. The van der Waals surface area contributed by atoms with Crippen molar-refractivity contribution in [3.63, 3.8) is 0 Å². The van der Waals surface area contributed by atoms with E-state index in [1.54, 1.807) is 0 Å². The average molecular weight is 137 g/mol. The molecule has 0 aromatic heterocycles. The van der Waals surface area contributed by atoms with Gasteiger partial charge in [0.15, 0.2) is 0 Å². The maximum atomic E-state index is 9.08. The molecule has 0 radical (unpaired) electrons. The van der Waals surface area contributed by atoms with Crippen molar-refractivity contribution in [2.75, 3.05) is 0 Å². The Balaban J connectivity index is 2.33. The van der Waals surface area contributed by atoms with Crippen LogP contribution >= 0.6 is 0 Å². The molecule has 0 bridgehead atoms. The summed E-state index contributed by atoms with van der Waals surface area (Å²) < 4.78 is 0. The Morgan fingerprint density at radius 1 is 1.50 bits per heavy atom. The molecule has 1 saturated carbocycles. The zero-order valence-corrected chi connectivity index (χ0v) is 5.83. The van der Waals surface area contributed by atoms with Crippen molar-refractivity contribution in [3.8, 4) is 6.07 Å². The van der Waals surface area contributed by atoms with Crippen LogP contribution in [0, 0.1) is 17.2 Å². The van der Waals surface area contributed by atoms with E-state index in [0.29, 0.717) is 5.92 Å². The molecule has 2 heteroatoms. The molecule has 2 nitrogen and oxygen atoms in total. The molecule has 0 heterocycles. The number of hydrogen-bond donors (Lipinski definition) is 1. The van der Waals surface area contributed by atoms with E-state index in [1.807, 2.05) is 12.1 Å². The first-order valence-electron chi connectivity index (χ1n) is 3.57. The van der Waals surface area contributed by atoms with Crippen molar-refractivity contribution in [1.82, 2.24) is 0 Å². The van der Waals surface area contributed by atoms with E-state index < -0.39 is 0 Å². The van der Waals surface area contributed by atoms with Crippen LogP contribution in [-0.2, 0) is 0 Å². The fraction of sp³-hybridized carbons (Fsp3) is 0.625. The Morgan fingerprint density at radius 3 is 2.80 bits per heavy atom. The molecule has 1 fully saturated rings. The lowest BCUT2D eigenvalue weighted by molar-refractivity contribution is 0.180. The Hall–Kier alpha value is -0.810. The van der Waals surface area contributed by atoms with Gasteiger partial charge in [-0.2, -0.15) is 5.26 Å². The molecule has 1 aliphatic carbocycles. The van der Waals surface area contributed by atoms with E-state index in [4.69, 9.17) is 10.4 Å². The lowest BCUT2D eigenvalue weighted by Gasteiger charge is -1.98. The Labute approximate surface area is 60.8 Å². The quantitative estimate of drug-likeness (QED) is 0.552. The maximum absolute atomic E-state index is 9.08. The SMILES string of the molecule is N#CC=C[C@@H]1CC[C@H](O)C1. The summed E-state index contributed by atoms with van der Waals surface area (Å²) in [7, 11) is 0. The number of nitriles is 1. The first-order valence-corrected chi connectivity index (χ1v) is 3.57. The van der Waals surface area contributed by atoms with Gasteiger partial charge in [0.1, 0.15) is 0 Å². The zero-order chi connectivity index (χ0) is 7.40. The van der Waals surface area contributed by atoms with Crippen molar-refractivity contribution >= 4 is 0 Å². The standard InChI is InChI=1S/C8H11NO/c9-5-1-2-7-3-4-8(10)6-7/h1-2,7-8,10H,3-4,6H2/t7-,8+/m1/s1. The minimum Gasteiger partial charge on any atom is -0.393 e. The summed E-state index contributed by atoms with van der Waals surface area (Å²) in [5, 5.41) is 17.3. The normalized spacial score (nSPS) is 32.8. The van der Waals surface area contributed by atoms with Gasteiger partial charge in [-0.05, 0) is 25.2 Å². The molecule has 0 aromatic carbocycles. The Kier molecular flexibility index (Phi) is 2.47. The predicted octanol–water partition coefficient (Wildman–Crippen LogP) is 1.23. The minimum atomic E-state index is -0.131. The highest BCUT2D eigenvalue weighted by Crippen LogP contribution is 2.25. The summed E-state index contributed by atoms with van der Waals surface area (Å²) in [5.41, 5.74) is 0. The molecule has 0 aromatic rings. The van der Waals surface area contributed by atoms with Crippen LogP contribution in [0.3, 0.4) is 0 Å². The van der Waals surface area contributed by atoms with Crippen LogP contribution in [0.25, 0.3) is 0 Å². The second-order valence-corrected chi connectivity index (χ2v) is 2.72. The van der Waals surface area contributed by atoms with Crippen LogP contribution in [0.1, 0.15) is 19.3 Å². The fourth-order valence-corrected chi connectivity index (χ4v) is 1.35. The van der Waals surface area contributed by atoms with Gasteiger partial charge in [-0.3, -0.25) is 0 Å². The first kappa shape index (κ1) is 7.30. The third-order valence-corrected chi connectivity index (χ3v) is 1.89. The molecule has 0 unspecified atom stereocenters. The number of aliphatic hydroxyl groups is 1. The molecule has 1 rings (SSSR count). The van der Waals surface area contributed by atoms with Crippen molar-refractivity contribution < 1.29 is 5.11 Å². The second-order valence-electron chi connectivity index (χ2n) is 2.72. The minimum absolute atomic E-state index is 0.131. The largest absolute Gasteiger partial charge is 0.393 e. The molecule has 0 amide bonds. The summed E-state index contributed by atoms with van der Waals surface area (Å²) in [6.07, 6.45) is 6.00. The first-order chi connectivity index (χ1) is 4.83. The van der Waals surface area contributed by atoms with Crippen LogP contribution in [0.2, 0.25) is 0 Å². The molecule has 54 valence electrons. The van der Waals surface area contributed by atoms with Crippen LogP contribution in [-0.4, -0.2) is 11.2 Å². The number of rotatable bonds is 1. The van der Waals surface area contributed by atoms with Crippen LogP contribution in [0.4, 0.5) is 0 Å². The molecule has 0 aliphatic heterocycles. The Bertz CT molecular complexity index is 169. The van der Waals surface area contributed by atoms with Crippen LogP contribution in [0.15, 0.2) is 12.2 Å². The van der Waals surface area contributed by atoms with Gasteiger partial charge in [0, 0.05) is 6.08 Å². The fourth-order valence-electron chi connectivity index (χ4n) is 1.35. The zero-order valence-electron chi connectivity index (χ0n) is 5.83. The van der Waals surface area contributed by atoms with Crippen molar-refractivity contribution in [2.45, 2.75) is 25.4 Å². The van der Waals surface area contributed by atoms with Gasteiger partial charge in [0.2, 0.25) is 0 Å². The van der Waals surface area contributed by atoms with Crippen LogP contribution < -0.4 is 0 Å². The average Bonchev–Trinajstić information content (AvgIpc) is 2.31. The number of allylic oxidation sites excluding steroid dienone is 2.